The summed E-state index contributed by atoms with van der Waals surface area (Å²) in [6, 6.07) is 0. The molecule has 4 atom stereocenters. The number of rotatable bonds is 11. The monoisotopic (exact) mass is 478 g/mol. The van der Waals surface area contributed by atoms with Crippen molar-refractivity contribution in [3.05, 3.63) is 36.5 Å². The predicted octanol–water partition coefficient (Wildman–Crippen LogP) is 11.1. The molecule has 0 spiro atoms. The van der Waals surface area contributed by atoms with Crippen LogP contribution in [-0.4, -0.2) is 0 Å². The van der Waals surface area contributed by atoms with Crippen molar-refractivity contribution < 1.29 is 0 Å². The van der Waals surface area contributed by atoms with Gasteiger partial charge in [0.25, 0.3) is 0 Å². The minimum absolute atomic E-state index is 0.695. The molecule has 0 aromatic carbocycles. The van der Waals surface area contributed by atoms with Gasteiger partial charge in [0.05, 0.1) is 0 Å². The molecule has 0 N–H and O–H groups in total. The van der Waals surface area contributed by atoms with Crippen LogP contribution < -0.4 is 0 Å². The molecule has 0 saturated heterocycles. The minimum Gasteiger partial charge on any atom is -0.0848 e. The van der Waals surface area contributed by atoms with Gasteiger partial charge >= 0.3 is 0 Å². The van der Waals surface area contributed by atoms with E-state index in [0.717, 1.165) is 35.5 Å². The van der Waals surface area contributed by atoms with Crippen molar-refractivity contribution in [1.82, 2.24) is 0 Å². The molecule has 0 aromatic rings. The maximum Gasteiger partial charge on any atom is -0.00530 e. The zero-order valence-corrected chi connectivity index (χ0v) is 23.5. The Morgan fingerprint density at radius 2 is 1.11 bits per heavy atom. The Balaban J connectivity index is 1.13. The summed E-state index contributed by atoms with van der Waals surface area (Å²) in [7, 11) is 0. The first-order valence-corrected chi connectivity index (χ1v) is 16.3. The van der Waals surface area contributed by atoms with Gasteiger partial charge in [-0.2, -0.15) is 0 Å². The summed E-state index contributed by atoms with van der Waals surface area (Å²) < 4.78 is 0. The number of allylic oxidation sites excluding steroid dienone is 6. The lowest BCUT2D eigenvalue weighted by atomic mass is 9.66. The minimum atomic E-state index is 0.695. The van der Waals surface area contributed by atoms with E-state index in [1.54, 1.807) is 25.7 Å². The van der Waals surface area contributed by atoms with Gasteiger partial charge in [0, 0.05) is 0 Å². The van der Waals surface area contributed by atoms with Crippen LogP contribution in [0.4, 0.5) is 0 Å². The van der Waals surface area contributed by atoms with E-state index in [-0.39, 0.29) is 0 Å². The van der Waals surface area contributed by atoms with Gasteiger partial charge in [0.1, 0.15) is 0 Å². The molecule has 0 heterocycles. The molecule has 4 aliphatic rings. The SMILES string of the molecule is CCCCCC1C=CC(C=CC2C=CC(C3CCC(C4CCC(CCCC)CC4)CC3)CC2)CC1. The van der Waals surface area contributed by atoms with Crippen molar-refractivity contribution in [2.75, 3.05) is 0 Å². The third kappa shape index (κ3) is 8.64. The van der Waals surface area contributed by atoms with Crippen molar-refractivity contribution in [3.63, 3.8) is 0 Å². The Kier molecular flexibility index (Phi) is 11.6. The Morgan fingerprint density at radius 1 is 0.514 bits per heavy atom. The zero-order valence-electron chi connectivity index (χ0n) is 23.5. The second-order valence-corrected chi connectivity index (χ2v) is 13.2. The van der Waals surface area contributed by atoms with E-state index < -0.39 is 0 Å². The molecule has 2 fully saturated rings. The molecule has 0 bridgehead atoms. The smallest absolute Gasteiger partial charge is 0.00530 e. The van der Waals surface area contributed by atoms with Crippen LogP contribution in [0.5, 0.6) is 0 Å². The summed E-state index contributed by atoms with van der Waals surface area (Å²) in [6.07, 6.45) is 43.2. The van der Waals surface area contributed by atoms with Gasteiger partial charge in [0.2, 0.25) is 0 Å². The Hall–Kier alpha value is -0.780. The molecule has 4 unspecified atom stereocenters. The first-order valence-electron chi connectivity index (χ1n) is 16.3. The van der Waals surface area contributed by atoms with E-state index in [9.17, 15) is 0 Å². The molecule has 198 valence electrons. The molecule has 0 radical (unpaired) electrons. The second kappa shape index (κ2) is 14.8. The fourth-order valence-electron chi connectivity index (χ4n) is 8.14. The van der Waals surface area contributed by atoms with Gasteiger partial charge in [-0.1, -0.05) is 102 Å². The third-order valence-electron chi connectivity index (χ3n) is 10.7. The second-order valence-electron chi connectivity index (χ2n) is 13.2. The van der Waals surface area contributed by atoms with E-state index >= 15 is 0 Å². The zero-order chi connectivity index (χ0) is 24.3. The summed E-state index contributed by atoms with van der Waals surface area (Å²) in [5.74, 6) is 7.32. The predicted molar refractivity (Wildman–Crippen MR) is 154 cm³/mol. The molecule has 2 saturated carbocycles. The van der Waals surface area contributed by atoms with Crippen molar-refractivity contribution in [2.24, 2.45) is 47.3 Å². The van der Waals surface area contributed by atoms with Crippen molar-refractivity contribution in [1.29, 1.82) is 0 Å². The molecule has 4 rings (SSSR count). The summed E-state index contributed by atoms with van der Waals surface area (Å²) >= 11 is 0. The lowest BCUT2D eigenvalue weighted by molar-refractivity contribution is 0.127. The van der Waals surface area contributed by atoms with E-state index in [1.807, 2.05) is 0 Å². The summed E-state index contributed by atoms with van der Waals surface area (Å²) in [4.78, 5) is 0. The van der Waals surface area contributed by atoms with E-state index in [1.165, 1.54) is 96.3 Å². The summed E-state index contributed by atoms with van der Waals surface area (Å²) in [5, 5.41) is 0. The quantitative estimate of drug-likeness (QED) is 0.204. The van der Waals surface area contributed by atoms with Crippen LogP contribution in [0.3, 0.4) is 0 Å². The van der Waals surface area contributed by atoms with Crippen LogP contribution in [-0.2, 0) is 0 Å². The standard InChI is InChI=1S/C35H58/c1-3-5-7-9-29-10-12-30(13-11-29)14-15-31-18-22-33(23-19-31)35-26-24-34(25-27-35)32-20-16-28(17-21-32)8-6-4-2/h10,12,14-15,18,22,28-35H,3-9,11,13,16-17,19-21,23-27H2,1-2H3. The van der Waals surface area contributed by atoms with Crippen LogP contribution in [0.2, 0.25) is 0 Å². The van der Waals surface area contributed by atoms with Crippen molar-refractivity contribution in [3.8, 4) is 0 Å². The van der Waals surface area contributed by atoms with Crippen molar-refractivity contribution >= 4 is 0 Å². The highest BCUT2D eigenvalue weighted by molar-refractivity contribution is 5.12. The average Bonchev–Trinajstić information content (AvgIpc) is 2.92. The molecule has 0 aliphatic heterocycles. The normalized spacial score (nSPS) is 38.2. The fraction of sp³-hybridized carbons (Fsp3) is 0.829. The first kappa shape index (κ1) is 27.3. The Labute approximate surface area is 219 Å². The van der Waals surface area contributed by atoms with E-state index in [2.05, 4.69) is 50.3 Å². The molecular weight excluding hydrogens is 420 g/mol. The number of hydrogen-bond acceptors (Lipinski definition) is 0. The number of hydrogen-bond donors (Lipinski definition) is 0. The lowest BCUT2D eigenvalue weighted by Crippen LogP contribution is -2.28. The Bertz CT molecular complexity index is 652. The topological polar surface area (TPSA) is 0 Å². The van der Waals surface area contributed by atoms with Crippen molar-refractivity contribution in [2.45, 2.75) is 136 Å². The lowest BCUT2D eigenvalue weighted by Gasteiger charge is -2.40. The van der Waals surface area contributed by atoms with E-state index in [0.29, 0.717) is 11.8 Å². The van der Waals surface area contributed by atoms with E-state index in [4.69, 9.17) is 0 Å². The molecule has 4 aliphatic carbocycles. The fourth-order valence-corrected chi connectivity index (χ4v) is 8.14. The molecule has 0 nitrogen and oxygen atoms in total. The largest absolute Gasteiger partial charge is 0.0848 e. The van der Waals surface area contributed by atoms with Crippen LogP contribution in [0.1, 0.15) is 136 Å². The molecular formula is C35H58. The van der Waals surface area contributed by atoms with Gasteiger partial charge in [0.15, 0.2) is 0 Å². The highest BCUT2D eigenvalue weighted by Gasteiger charge is 2.33. The highest BCUT2D eigenvalue weighted by Crippen LogP contribution is 2.45. The summed E-state index contributed by atoms with van der Waals surface area (Å²) in [6.45, 7) is 4.66. The molecule has 35 heavy (non-hydrogen) atoms. The number of unbranched alkanes of at least 4 members (excludes halogenated alkanes) is 3. The van der Waals surface area contributed by atoms with Gasteiger partial charge in [-0.15, -0.1) is 0 Å². The maximum atomic E-state index is 2.64. The average molecular weight is 479 g/mol. The highest BCUT2D eigenvalue weighted by atomic mass is 14.4. The molecule has 0 heteroatoms. The maximum absolute atomic E-state index is 2.64. The van der Waals surface area contributed by atoms with Crippen LogP contribution in [0.15, 0.2) is 36.5 Å². The van der Waals surface area contributed by atoms with Gasteiger partial charge in [-0.05, 0) is 118 Å². The summed E-state index contributed by atoms with van der Waals surface area (Å²) in [5.41, 5.74) is 0. The van der Waals surface area contributed by atoms with Crippen LogP contribution >= 0.6 is 0 Å². The molecule has 0 amide bonds. The van der Waals surface area contributed by atoms with Gasteiger partial charge in [-0.25, -0.2) is 0 Å². The molecule has 0 aromatic heterocycles. The van der Waals surface area contributed by atoms with Gasteiger partial charge < -0.3 is 0 Å². The Morgan fingerprint density at radius 3 is 1.69 bits per heavy atom. The van der Waals surface area contributed by atoms with Gasteiger partial charge in [-0.3, -0.25) is 0 Å². The first-order chi connectivity index (χ1) is 17.2. The van der Waals surface area contributed by atoms with Crippen LogP contribution in [0.25, 0.3) is 0 Å². The third-order valence-corrected chi connectivity index (χ3v) is 10.7. The van der Waals surface area contributed by atoms with Crippen LogP contribution in [0, 0.1) is 47.3 Å².